The summed E-state index contributed by atoms with van der Waals surface area (Å²) in [5.41, 5.74) is 7.37. The highest BCUT2D eigenvalue weighted by atomic mass is 35.5. The summed E-state index contributed by atoms with van der Waals surface area (Å²) in [6, 6.07) is 10.9. The highest BCUT2D eigenvalue weighted by Gasteiger charge is 2.10. The molecule has 1 aromatic heterocycles. The van der Waals surface area contributed by atoms with Crippen LogP contribution in [0.3, 0.4) is 0 Å². The van der Waals surface area contributed by atoms with E-state index in [1.807, 2.05) is 0 Å². The highest BCUT2D eigenvalue weighted by Crippen LogP contribution is 2.19. The van der Waals surface area contributed by atoms with E-state index in [2.05, 4.69) is 20.7 Å². The van der Waals surface area contributed by atoms with E-state index >= 15 is 0 Å². The number of nitrogens with two attached hydrogens (primary N) is 1. The second-order valence-electron chi connectivity index (χ2n) is 4.94. The molecular formula is C15H12ClFN6O. The molecule has 0 unspecified atom stereocenters. The Kier molecular flexibility index (Phi) is 4.39. The smallest absolute Gasteiger partial charge is 0.248 e. The van der Waals surface area contributed by atoms with E-state index in [4.69, 9.17) is 17.3 Å². The predicted molar refractivity (Wildman–Crippen MR) is 87.7 cm³/mol. The first kappa shape index (κ1) is 15.9. The minimum absolute atomic E-state index is 0.0719. The number of carbonyl (C=O) groups is 1. The van der Waals surface area contributed by atoms with Crippen LogP contribution in [0.2, 0.25) is 5.02 Å². The molecule has 0 bridgehead atoms. The van der Waals surface area contributed by atoms with Crippen molar-refractivity contribution in [2.24, 2.45) is 0 Å². The molecule has 0 aliphatic carbocycles. The number of tetrazole rings is 1. The van der Waals surface area contributed by atoms with Gasteiger partial charge in [0.15, 0.2) is 0 Å². The molecule has 0 aliphatic heterocycles. The lowest BCUT2D eigenvalue weighted by Crippen LogP contribution is -2.20. The highest BCUT2D eigenvalue weighted by molar-refractivity contribution is 6.31. The van der Waals surface area contributed by atoms with Crippen LogP contribution in [-0.4, -0.2) is 26.1 Å². The van der Waals surface area contributed by atoms with Crippen LogP contribution in [-0.2, 0) is 11.3 Å². The third-order valence-corrected chi connectivity index (χ3v) is 3.40. The topological polar surface area (TPSA) is 98.7 Å². The van der Waals surface area contributed by atoms with Gasteiger partial charge in [-0.25, -0.2) is 4.39 Å². The quantitative estimate of drug-likeness (QED) is 0.706. The molecule has 3 aromatic rings. The number of halogens is 2. The van der Waals surface area contributed by atoms with Crippen molar-refractivity contribution in [3.63, 3.8) is 0 Å². The van der Waals surface area contributed by atoms with Crippen molar-refractivity contribution >= 4 is 28.9 Å². The van der Waals surface area contributed by atoms with Crippen molar-refractivity contribution in [1.82, 2.24) is 20.2 Å². The predicted octanol–water partition coefficient (Wildman–Crippen LogP) is 2.35. The van der Waals surface area contributed by atoms with Crippen molar-refractivity contribution in [3.05, 3.63) is 53.3 Å². The van der Waals surface area contributed by atoms with E-state index in [0.29, 0.717) is 17.2 Å². The molecule has 0 aliphatic rings. The maximum absolute atomic E-state index is 13.1. The third kappa shape index (κ3) is 3.66. The Hall–Kier alpha value is -3.00. The molecule has 24 heavy (non-hydrogen) atoms. The third-order valence-electron chi connectivity index (χ3n) is 3.11. The summed E-state index contributed by atoms with van der Waals surface area (Å²) in [5, 5.41) is 14.4. The van der Waals surface area contributed by atoms with E-state index in [-0.39, 0.29) is 17.5 Å². The minimum Gasteiger partial charge on any atom is -0.399 e. The molecule has 1 heterocycles. The number of carbonyl (C=O) groups excluding carboxylic acids is 1. The molecule has 3 rings (SSSR count). The van der Waals surface area contributed by atoms with Gasteiger partial charge in [-0.3, -0.25) is 4.79 Å². The van der Waals surface area contributed by atoms with Crippen molar-refractivity contribution in [2.45, 2.75) is 6.54 Å². The first-order valence-electron chi connectivity index (χ1n) is 6.90. The zero-order valence-electron chi connectivity index (χ0n) is 12.3. The summed E-state index contributed by atoms with van der Waals surface area (Å²) >= 11 is 5.66. The van der Waals surface area contributed by atoms with E-state index in [1.54, 1.807) is 24.3 Å². The normalized spacial score (nSPS) is 10.6. The van der Waals surface area contributed by atoms with Gasteiger partial charge in [0.25, 0.3) is 0 Å². The number of amides is 1. The maximum atomic E-state index is 13.1. The maximum Gasteiger partial charge on any atom is 0.248 e. The number of nitrogens with zero attached hydrogens (tertiary/aromatic N) is 4. The van der Waals surface area contributed by atoms with E-state index in [9.17, 15) is 9.18 Å². The Morgan fingerprint density at radius 2 is 2.00 bits per heavy atom. The first-order valence-corrected chi connectivity index (χ1v) is 7.28. The van der Waals surface area contributed by atoms with Crippen LogP contribution in [0.15, 0.2) is 42.5 Å². The van der Waals surface area contributed by atoms with Gasteiger partial charge in [0, 0.05) is 16.9 Å². The molecule has 0 fully saturated rings. The zero-order valence-corrected chi connectivity index (χ0v) is 13.0. The Morgan fingerprint density at radius 3 is 2.71 bits per heavy atom. The van der Waals surface area contributed by atoms with Crippen LogP contribution in [0.1, 0.15) is 0 Å². The molecule has 0 saturated heterocycles. The fraction of sp³-hybridized carbons (Fsp3) is 0.0667. The van der Waals surface area contributed by atoms with Crippen LogP contribution in [0.25, 0.3) is 11.4 Å². The van der Waals surface area contributed by atoms with Crippen molar-refractivity contribution < 1.29 is 9.18 Å². The largest absolute Gasteiger partial charge is 0.399 e. The number of nitrogens with one attached hydrogen (secondary N) is 1. The Bertz CT molecular complexity index is 880. The minimum atomic E-state index is -0.555. The summed E-state index contributed by atoms with van der Waals surface area (Å²) < 4.78 is 13.1. The molecule has 0 atom stereocenters. The second-order valence-corrected chi connectivity index (χ2v) is 5.35. The summed E-state index contributed by atoms with van der Waals surface area (Å²) in [7, 11) is 0. The molecule has 0 saturated carbocycles. The van der Waals surface area contributed by atoms with Crippen LogP contribution >= 0.6 is 11.6 Å². The molecular weight excluding hydrogens is 335 g/mol. The SMILES string of the molecule is Nc1ccc(-c2nnn(CC(=O)Nc3ccc(F)c(Cl)c3)n2)cc1. The van der Waals surface area contributed by atoms with Gasteiger partial charge in [0.05, 0.1) is 5.02 Å². The zero-order chi connectivity index (χ0) is 17.1. The van der Waals surface area contributed by atoms with Crippen LogP contribution < -0.4 is 11.1 Å². The van der Waals surface area contributed by atoms with Crippen LogP contribution in [0, 0.1) is 5.82 Å². The van der Waals surface area contributed by atoms with Crippen molar-refractivity contribution in [3.8, 4) is 11.4 Å². The van der Waals surface area contributed by atoms with Gasteiger partial charge in [-0.15, -0.1) is 10.2 Å². The molecule has 3 N–H and O–H groups in total. The summed E-state index contributed by atoms with van der Waals surface area (Å²) in [4.78, 5) is 13.1. The molecule has 7 nitrogen and oxygen atoms in total. The van der Waals surface area contributed by atoms with E-state index in [0.717, 1.165) is 10.4 Å². The summed E-state index contributed by atoms with van der Waals surface area (Å²) in [6.45, 7) is -0.142. The van der Waals surface area contributed by atoms with Gasteiger partial charge in [0.1, 0.15) is 12.4 Å². The number of nitrogen functional groups attached to an aromatic ring is 1. The van der Waals surface area contributed by atoms with Gasteiger partial charge < -0.3 is 11.1 Å². The molecule has 0 radical (unpaired) electrons. The van der Waals surface area contributed by atoms with Gasteiger partial charge >= 0.3 is 0 Å². The average molecular weight is 347 g/mol. The van der Waals surface area contributed by atoms with E-state index < -0.39 is 5.82 Å². The number of rotatable bonds is 4. The summed E-state index contributed by atoms with van der Waals surface area (Å²) in [5.74, 6) is -0.563. The number of hydrogen-bond acceptors (Lipinski definition) is 5. The van der Waals surface area contributed by atoms with Gasteiger partial charge in [-0.2, -0.15) is 4.80 Å². The van der Waals surface area contributed by atoms with Crippen LogP contribution in [0.5, 0.6) is 0 Å². The Balaban J connectivity index is 1.66. The molecule has 0 spiro atoms. The fourth-order valence-corrected chi connectivity index (χ4v) is 2.14. The van der Waals surface area contributed by atoms with Gasteiger partial charge in [-0.1, -0.05) is 11.6 Å². The lowest BCUT2D eigenvalue weighted by Gasteiger charge is -2.05. The Morgan fingerprint density at radius 1 is 1.25 bits per heavy atom. The van der Waals surface area contributed by atoms with Gasteiger partial charge in [-0.05, 0) is 47.7 Å². The van der Waals surface area contributed by atoms with Crippen molar-refractivity contribution in [1.29, 1.82) is 0 Å². The molecule has 1 amide bonds. The fourth-order valence-electron chi connectivity index (χ4n) is 1.96. The average Bonchev–Trinajstić information content (AvgIpc) is 3.00. The van der Waals surface area contributed by atoms with Gasteiger partial charge in [0.2, 0.25) is 11.7 Å². The number of benzene rings is 2. The number of aromatic nitrogens is 4. The standard InChI is InChI=1S/C15H12ClFN6O/c16-12-7-11(5-6-13(12)17)19-14(24)8-23-21-15(20-22-23)9-1-3-10(18)4-2-9/h1-7H,8,18H2,(H,19,24). The molecule has 9 heteroatoms. The lowest BCUT2D eigenvalue weighted by atomic mass is 10.2. The lowest BCUT2D eigenvalue weighted by molar-refractivity contribution is -0.117. The van der Waals surface area contributed by atoms with Crippen LogP contribution in [0.4, 0.5) is 15.8 Å². The summed E-state index contributed by atoms with van der Waals surface area (Å²) in [6.07, 6.45) is 0. The second kappa shape index (κ2) is 6.63. The number of hydrogen-bond donors (Lipinski definition) is 2. The Labute approximate surface area is 141 Å². The van der Waals surface area contributed by atoms with E-state index in [1.165, 1.54) is 18.2 Å². The monoisotopic (exact) mass is 346 g/mol. The number of anilines is 2. The first-order chi connectivity index (χ1) is 11.5. The van der Waals surface area contributed by atoms with Crippen molar-refractivity contribution in [2.75, 3.05) is 11.1 Å². The molecule has 2 aromatic carbocycles. The molecule has 122 valence electrons.